The highest BCUT2D eigenvalue weighted by atomic mass is 35.5. The van der Waals surface area contributed by atoms with E-state index in [1.54, 1.807) is 12.1 Å². The van der Waals surface area contributed by atoms with E-state index in [0.29, 0.717) is 10.0 Å². The molecule has 2 rings (SSSR count). The zero-order valence-corrected chi connectivity index (χ0v) is 9.76. The maximum atomic E-state index is 5.89. The summed E-state index contributed by atoms with van der Waals surface area (Å²) in [5, 5.41) is 1.07. The minimum absolute atomic E-state index is 0.220. The summed E-state index contributed by atoms with van der Waals surface area (Å²) in [7, 11) is 0. The highest BCUT2D eigenvalue weighted by Crippen LogP contribution is 2.29. The standard InChI is InChI=1S/C11H13Cl2NO/c12-10-4-3-9(6-11(10)13)15-8-2-1-7(14)5-8/h3-4,6-8H,1-2,5,14H2. The molecule has 2 atom stereocenters. The summed E-state index contributed by atoms with van der Waals surface area (Å²) in [5.41, 5.74) is 5.81. The number of rotatable bonds is 2. The molecule has 0 amide bonds. The number of halogens is 2. The van der Waals surface area contributed by atoms with E-state index in [1.165, 1.54) is 0 Å². The molecule has 0 radical (unpaired) electrons. The largest absolute Gasteiger partial charge is 0.490 e. The predicted molar refractivity (Wildman–Crippen MR) is 62.7 cm³/mol. The first-order valence-electron chi connectivity index (χ1n) is 5.02. The summed E-state index contributed by atoms with van der Waals surface area (Å²) in [6.07, 6.45) is 3.19. The molecule has 2 unspecified atom stereocenters. The van der Waals surface area contributed by atoms with E-state index in [1.807, 2.05) is 6.07 Å². The van der Waals surface area contributed by atoms with Gasteiger partial charge in [-0.3, -0.25) is 0 Å². The number of hydrogen-bond acceptors (Lipinski definition) is 2. The van der Waals surface area contributed by atoms with E-state index in [4.69, 9.17) is 33.7 Å². The Labute approximate surface area is 99.3 Å². The Morgan fingerprint density at radius 2 is 2.00 bits per heavy atom. The van der Waals surface area contributed by atoms with E-state index in [9.17, 15) is 0 Å². The molecule has 0 aliphatic heterocycles. The molecular weight excluding hydrogens is 233 g/mol. The van der Waals surface area contributed by atoms with Gasteiger partial charge in [0.2, 0.25) is 0 Å². The fraction of sp³-hybridized carbons (Fsp3) is 0.455. The Kier molecular flexibility index (Phi) is 3.39. The third-order valence-corrected chi connectivity index (χ3v) is 3.36. The second-order valence-corrected chi connectivity index (χ2v) is 4.70. The van der Waals surface area contributed by atoms with Crippen LogP contribution in [-0.2, 0) is 0 Å². The second kappa shape index (κ2) is 4.60. The van der Waals surface area contributed by atoms with E-state index in [2.05, 4.69) is 0 Å². The minimum Gasteiger partial charge on any atom is -0.490 e. The van der Waals surface area contributed by atoms with Crippen molar-refractivity contribution in [3.05, 3.63) is 28.2 Å². The van der Waals surface area contributed by atoms with Gasteiger partial charge in [-0.25, -0.2) is 0 Å². The fourth-order valence-corrected chi connectivity index (χ4v) is 2.11. The monoisotopic (exact) mass is 245 g/mol. The van der Waals surface area contributed by atoms with Gasteiger partial charge in [0.15, 0.2) is 0 Å². The summed E-state index contributed by atoms with van der Waals surface area (Å²) in [4.78, 5) is 0. The molecule has 1 aromatic carbocycles. The Bertz CT molecular complexity index is 356. The Hall–Kier alpha value is -0.440. The van der Waals surface area contributed by atoms with Crippen LogP contribution in [0.15, 0.2) is 18.2 Å². The SMILES string of the molecule is NC1CCC(Oc2ccc(Cl)c(Cl)c2)C1. The van der Waals surface area contributed by atoms with Crippen LogP contribution < -0.4 is 10.5 Å². The second-order valence-electron chi connectivity index (χ2n) is 3.89. The molecule has 2 nitrogen and oxygen atoms in total. The number of hydrogen-bond donors (Lipinski definition) is 1. The minimum atomic E-state index is 0.220. The average Bonchev–Trinajstić information content (AvgIpc) is 2.58. The lowest BCUT2D eigenvalue weighted by Gasteiger charge is -2.13. The smallest absolute Gasteiger partial charge is 0.121 e. The van der Waals surface area contributed by atoms with Gasteiger partial charge in [0.25, 0.3) is 0 Å². The van der Waals surface area contributed by atoms with Crippen molar-refractivity contribution < 1.29 is 4.74 Å². The van der Waals surface area contributed by atoms with Crippen molar-refractivity contribution in [3.8, 4) is 5.75 Å². The highest BCUT2D eigenvalue weighted by Gasteiger charge is 2.23. The maximum Gasteiger partial charge on any atom is 0.121 e. The molecule has 0 bridgehead atoms. The molecule has 0 heterocycles. The van der Waals surface area contributed by atoms with Crippen LogP contribution in [-0.4, -0.2) is 12.1 Å². The van der Waals surface area contributed by atoms with Crippen molar-refractivity contribution in [2.75, 3.05) is 0 Å². The van der Waals surface area contributed by atoms with Gasteiger partial charge in [-0.15, -0.1) is 0 Å². The van der Waals surface area contributed by atoms with Crippen LogP contribution in [0.3, 0.4) is 0 Å². The van der Waals surface area contributed by atoms with Gasteiger partial charge in [-0.05, 0) is 31.4 Å². The van der Waals surface area contributed by atoms with Gasteiger partial charge in [0.05, 0.1) is 10.0 Å². The summed E-state index contributed by atoms with van der Waals surface area (Å²) in [6, 6.07) is 5.60. The van der Waals surface area contributed by atoms with Gasteiger partial charge in [0, 0.05) is 12.1 Å². The van der Waals surface area contributed by atoms with Gasteiger partial charge < -0.3 is 10.5 Å². The average molecular weight is 246 g/mol. The molecule has 0 spiro atoms. The molecule has 4 heteroatoms. The van der Waals surface area contributed by atoms with Crippen LogP contribution in [0.1, 0.15) is 19.3 Å². The molecular formula is C11H13Cl2NO. The van der Waals surface area contributed by atoms with E-state index < -0.39 is 0 Å². The topological polar surface area (TPSA) is 35.2 Å². The van der Waals surface area contributed by atoms with Crippen molar-refractivity contribution in [1.82, 2.24) is 0 Å². The Morgan fingerprint density at radius 3 is 2.60 bits per heavy atom. The molecule has 15 heavy (non-hydrogen) atoms. The van der Waals surface area contributed by atoms with Gasteiger partial charge >= 0.3 is 0 Å². The Morgan fingerprint density at radius 1 is 1.20 bits per heavy atom. The van der Waals surface area contributed by atoms with E-state index in [0.717, 1.165) is 25.0 Å². The van der Waals surface area contributed by atoms with Crippen LogP contribution in [0.25, 0.3) is 0 Å². The van der Waals surface area contributed by atoms with Gasteiger partial charge in [-0.1, -0.05) is 23.2 Å². The molecule has 0 saturated heterocycles. The third-order valence-electron chi connectivity index (χ3n) is 2.62. The fourth-order valence-electron chi connectivity index (χ4n) is 1.82. The van der Waals surface area contributed by atoms with Crippen LogP contribution in [0, 0.1) is 0 Å². The van der Waals surface area contributed by atoms with Crippen LogP contribution in [0.2, 0.25) is 10.0 Å². The van der Waals surface area contributed by atoms with Gasteiger partial charge in [-0.2, -0.15) is 0 Å². The zero-order valence-electron chi connectivity index (χ0n) is 8.25. The molecule has 1 fully saturated rings. The number of nitrogens with two attached hydrogens (primary N) is 1. The van der Waals surface area contributed by atoms with Crippen molar-refractivity contribution in [3.63, 3.8) is 0 Å². The van der Waals surface area contributed by atoms with Crippen LogP contribution in [0.5, 0.6) is 5.75 Å². The number of ether oxygens (including phenoxy) is 1. The summed E-state index contributed by atoms with van der Waals surface area (Å²) in [6.45, 7) is 0. The van der Waals surface area contributed by atoms with Crippen molar-refractivity contribution >= 4 is 23.2 Å². The summed E-state index contributed by atoms with van der Waals surface area (Å²) >= 11 is 11.7. The molecule has 82 valence electrons. The normalized spacial score (nSPS) is 25.5. The van der Waals surface area contributed by atoms with E-state index >= 15 is 0 Å². The maximum absolute atomic E-state index is 5.89. The highest BCUT2D eigenvalue weighted by molar-refractivity contribution is 6.42. The first-order chi connectivity index (χ1) is 7.15. The molecule has 1 aromatic rings. The first-order valence-corrected chi connectivity index (χ1v) is 5.78. The summed E-state index contributed by atoms with van der Waals surface area (Å²) < 4.78 is 5.76. The lowest BCUT2D eigenvalue weighted by molar-refractivity contribution is 0.208. The predicted octanol–water partition coefficient (Wildman–Crippen LogP) is 3.25. The zero-order chi connectivity index (χ0) is 10.8. The summed E-state index contributed by atoms with van der Waals surface area (Å²) in [5.74, 6) is 0.767. The van der Waals surface area contributed by atoms with Crippen molar-refractivity contribution in [2.45, 2.75) is 31.4 Å². The van der Waals surface area contributed by atoms with Gasteiger partial charge in [0.1, 0.15) is 11.9 Å². The lowest BCUT2D eigenvalue weighted by atomic mass is 10.3. The molecule has 0 aromatic heterocycles. The quantitative estimate of drug-likeness (QED) is 0.869. The van der Waals surface area contributed by atoms with Crippen LogP contribution in [0.4, 0.5) is 0 Å². The lowest BCUT2D eigenvalue weighted by Crippen LogP contribution is -2.19. The van der Waals surface area contributed by atoms with E-state index in [-0.39, 0.29) is 12.1 Å². The van der Waals surface area contributed by atoms with Crippen molar-refractivity contribution in [1.29, 1.82) is 0 Å². The van der Waals surface area contributed by atoms with Crippen molar-refractivity contribution in [2.24, 2.45) is 5.73 Å². The molecule has 1 saturated carbocycles. The molecule has 1 aliphatic carbocycles. The molecule has 1 aliphatic rings. The first kappa shape index (κ1) is 11.1. The third kappa shape index (κ3) is 2.77. The number of benzene rings is 1. The molecule has 2 N–H and O–H groups in total. The van der Waals surface area contributed by atoms with Crippen LogP contribution >= 0.6 is 23.2 Å². The Balaban J connectivity index is 2.02.